The molecule has 106 valence electrons. The molecule has 0 radical (unpaired) electrons. The standard InChI is InChI=1S/C14H24N4S/c1-11-6-7-12(2)13(10-11)16-17-14(19)15-8-5-9-18(3)4/h6-7,10,16H,5,8-9H2,1-4H3,(H2,15,17,19). The van der Waals surface area contributed by atoms with Crippen molar-refractivity contribution in [3.63, 3.8) is 0 Å². The Hall–Kier alpha value is -1.33. The third kappa shape index (κ3) is 6.40. The lowest BCUT2D eigenvalue weighted by molar-refractivity contribution is 0.400. The molecule has 0 aliphatic rings. The molecule has 1 aromatic rings. The summed E-state index contributed by atoms with van der Waals surface area (Å²) in [6.07, 6.45) is 1.07. The molecule has 1 aromatic carbocycles. The van der Waals surface area contributed by atoms with E-state index in [0.29, 0.717) is 5.11 Å². The molecule has 3 N–H and O–H groups in total. The predicted octanol–water partition coefficient (Wildman–Crippen LogP) is 2.05. The Balaban J connectivity index is 2.28. The molecule has 0 heterocycles. The predicted molar refractivity (Wildman–Crippen MR) is 86.4 cm³/mol. The number of nitrogens with one attached hydrogen (secondary N) is 3. The quantitative estimate of drug-likeness (QED) is 0.423. The Morgan fingerprint density at radius 1 is 1.26 bits per heavy atom. The highest BCUT2D eigenvalue weighted by molar-refractivity contribution is 7.80. The number of hydrazine groups is 1. The van der Waals surface area contributed by atoms with Gasteiger partial charge < -0.3 is 10.2 Å². The second kappa shape index (κ2) is 7.96. The van der Waals surface area contributed by atoms with E-state index in [9.17, 15) is 0 Å². The highest BCUT2D eigenvalue weighted by Gasteiger charge is 1.99. The molecule has 0 atom stereocenters. The Morgan fingerprint density at radius 2 is 2.00 bits per heavy atom. The zero-order valence-corrected chi connectivity index (χ0v) is 13.0. The van der Waals surface area contributed by atoms with E-state index in [0.717, 1.165) is 25.2 Å². The second-order valence-corrected chi connectivity index (χ2v) is 5.39. The van der Waals surface area contributed by atoms with E-state index in [-0.39, 0.29) is 0 Å². The monoisotopic (exact) mass is 280 g/mol. The first-order valence-corrected chi connectivity index (χ1v) is 6.91. The third-order valence-corrected chi connectivity index (χ3v) is 3.02. The number of hydrogen-bond acceptors (Lipinski definition) is 3. The third-order valence-electron chi connectivity index (χ3n) is 2.77. The highest BCUT2D eigenvalue weighted by atomic mass is 32.1. The van der Waals surface area contributed by atoms with E-state index < -0.39 is 0 Å². The average molecular weight is 280 g/mol. The molecule has 5 heteroatoms. The molecule has 0 amide bonds. The van der Waals surface area contributed by atoms with Crippen molar-refractivity contribution in [3.8, 4) is 0 Å². The van der Waals surface area contributed by atoms with Crippen molar-refractivity contribution in [2.45, 2.75) is 20.3 Å². The zero-order chi connectivity index (χ0) is 14.3. The van der Waals surface area contributed by atoms with Crippen LogP contribution >= 0.6 is 12.2 Å². The Kier molecular flexibility index (Phi) is 6.59. The van der Waals surface area contributed by atoms with Crippen LogP contribution in [0, 0.1) is 13.8 Å². The van der Waals surface area contributed by atoms with Crippen LogP contribution in [0.5, 0.6) is 0 Å². The highest BCUT2D eigenvalue weighted by Crippen LogP contribution is 2.14. The van der Waals surface area contributed by atoms with E-state index in [4.69, 9.17) is 12.2 Å². The van der Waals surface area contributed by atoms with Crippen LogP contribution in [-0.4, -0.2) is 37.2 Å². The Bertz CT molecular complexity index is 418. The van der Waals surface area contributed by atoms with Gasteiger partial charge in [0, 0.05) is 6.54 Å². The SMILES string of the molecule is Cc1ccc(C)c(NNC(=S)NCCCN(C)C)c1. The van der Waals surface area contributed by atoms with Crippen molar-refractivity contribution in [2.24, 2.45) is 0 Å². The average Bonchev–Trinajstić information content (AvgIpc) is 2.35. The number of rotatable bonds is 6. The molecule has 0 aliphatic heterocycles. The summed E-state index contributed by atoms with van der Waals surface area (Å²) in [4.78, 5) is 2.16. The molecule has 0 bridgehead atoms. The molecule has 0 aliphatic carbocycles. The van der Waals surface area contributed by atoms with E-state index in [1.54, 1.807) is 0 Å². The molecule has 0 fully saturated rings. The number of benzene rings is 1. The number of hydrogen-bond donors (Lipinski definition) is 3. The lowest BCUT2D eigenvalue weighted by Gasteiger charge is -2.15. The topological polar surface area (TPSA) is 39.3 Å². The van der Waals surface area contributed by atoms with Gasteiger partial charge >= 0.3 is 0 Å². The van der Waals surface area contributed by atoms with Crippen LogP contribution in [0.2, 0.25) is 0 Å². The lowest BCUT2D eigenvalue weighted by atomic mass is 10.1. The fourth-order valence-corrected chi connectivity index (χ4v) is 1.79. The molecule has 0 aromatic heterocycles. The number of aryl methyl sites for hydroxylation is 2. The fourth-order valence-electron chi connectivity index (χ4n) is 1.64. The van der Waals surface area contributed by atoms with Crippen LogP contribution in [0.3, 0.4) is 0 Å². The van der Waals surface area contributed by atoms with Gasteiger partial charge in [0.1, 0.15) is 0 Å². The zero-order valence-electron chi connectivity index (χ0n) is 12.2. The molecule has 19 heavy (non-hydrogen) atoms. The molecule has 1 rings (SSSR count). The number of thiocarbonyl (C=S) groups is 1. The summed E-state index contributed by atoms with van der Waals surface area (Å²) in [7, 11) is 4.14. The molecule has 0 unspecified atom stereocenters. The summed E-state index contributed by atoms with van der Waals surface area (Å²) in [5, 5.41) is 3.80. The number of nitrogens with zero attached hydrogens (tertiary/aromatic N) is 1. The van der Waals surface area contributed by atoms with Crippen molar-refractivity contribution in [2.75, 3.05) is 32.6 Å². The van der Waals surface area contributed by atoms with Gasteiger partial charge in [-0.25, -0.2) is 0 Å². The minimum Gasteiger partial charge on any atom is -0.361 e. The Morgan fingerprint density at radius 3 is 2.68 bits per heavy atom. The van der Waals surface area contributed by atoms with Crippen LogP contribution < -0.4 is 16.2 Å². The Labute approximate surface area is 121 Å². The van der Waals surface area contributed by atoms with Gasteiger partial charge in [-0.2, -0.15) is 0 Å². The first kappa shape index (κ1) is 15.7. The maximum atomic E-state index is 5.21. The molecular weight excluding hydrogens is 256 g/mol. The molecule has 4 nitrogen and oxygen atoms in total. The molecule has 0 spiro atoms. The summed E-state index contributed by atoms with van der Waals surface area (Å²) in [5.74, 6) is 0. The first-order chi connectivity index (χ1) is 8.99. The van der Waals surface area contributed by atoms with Gasteiger partial charge in [0.2, 0.25) is 0 Å². The summed E-state index contributed by atoms with van der Waals surface area (Å²) in [6, 6.07) is 6.28. The molecule has 0 saturated heterocycles. The van der Waals surface area contributed by atoms with Gasteiger partial charge in [0.15, 0.2) is 5.11 Å². The van der Waals surface area contributed by atoms with Crippen molar-refractivity contribution in [3.05, 3.63) is 29.3 Å². The van der Waals surface area contributed by atoms with Gasteiger partial charge in [-0.1, -0.05) is 12.1 Å². The summed E-state index contributed by atoms with van der Waals surface area (Å²) in [5.41, 5.74) is 9.61. The summed E-state index contributed by atoms with van der Waals surface area (Å²) in [6.45, 7) is 6.07. The van der Waals surface area contributed by atoms with Gasteiger partial charge in [0.25, 0.3) is 0 Å². The maximum absolute atomic E-state index is 5.21. The fraction of sp³-hybridized carbons (Fsp3) is 0.500. The number of anilines is 1. The minimum absolute atomic E-state index is 0.625. The normalized spacial score (nSPS) is 10.4. The van der Waals surface area contributed by atoms with Gasteiger partial charge in [0.05, 0.1) is 5.69 Å². The van der Waals surface area contributed by atoms with Crippen molar-refractivity contribution in [1.29, 1.82) is 0 Å². The van der Waals surface area contributed by atoms with Crippen LogP contribution in [0.15, 0.2) is 18.2 Å². The molecule has 0 saturated carbocycles. The van der Waals surface area contributed by atoms with Crippen molar-refractivity contribution in [1.82, 2.24) is 15.6 Å². The minimum atomic E-state index is 0.625. The van der Waals surface area contributed by atoms with E-state index in [1.165, 1.54) is 11.1 Å². The van der Waals surface area contributed by atoms with Crippen molar-refractivity contribution >= 4 is 23.0 Å². The lowest BCUT2D eigenvalue weighted by Crippen LogP contribution is -2.39. The van der Waals surface area contributed by atoms with E-state index >= 15 is 0 Å². The summed E-state index contributed by atoms with van der Waals surface area (Å²) >= 11 is 5.21. The first-order valence-electron chi connectivity index (χ1n) is 6.51. The van der Waals surface area contributed by atoms with Crippen LogP contribution in [0.25, 0.3) is 0 Å². The van der Waals surface area contributed by atoms with E-state index in [1.807, 2.05) is 0 Å². The van der Waals surface area contributed by atoms with Crippen LogP contribution in [0.4, 0.5) is 5.69 Å². The van der Waals surface area contributed by atoms with Crippen LogP contribution in [0.1, 0.15) is 17.5 Å². The molecular formula is C14H24N4S. The van der Waals surface area contributed by atoms with E-state index in [2.05, 4.69) is 67.2 Å². The van der Waals surface area contributed by atoms with Gasteiger partial charge in [-0.05, 0) is 70.3 Å². The second-order valence-electron chi connectivity index (χ2n) is 4.98. The maximum Gasteiger partial charge on any atom is 0.185 e. The van der Waals surface area contributed by atoms with Crippen molar-refractivity contribution < 1.29 is 0 Å². The van der Waals surface area contributed by atoms with Gasteiger partial charge in [-0.15, -0.1) is 0 Å². The largest absolute Gasteiger partial charge is 0.361 e. The van der Waals surface area contributed by atoms with Gasteiger partial charge in [-0.3, -0.25) is 10.9 Å². The van der Waals surface area contributed by atoms with Crippen LogP contribution in [-0.2, 0) is 0 Å². The smallest absolute Gasteiger partial charge is 0.185 e. The summed E-state index contributed by atoms with van der Waals surface area (Å²) < 4.78 is 0.